The van der Waals surface area contributed by atoms with Gasteiger partial charge < -0.3 is 10.1 Å². The molecule has 23 heavy (non-hydrogen) atoms. The summed E-state index contributed by atoms with van der Waals surface area (Å²) in [5, 5.41) is 3.84. The van der Waals surface area contributed by atoms with Crippen LogP contribution in [0, 0.1) is 0 Å². The number of esters is 1. The Bertz CT molecular complexity index is 766. The van der Waals surface area contributed by atoms with E-state index in [2.05, 4.69) is 10.3 Å². The van der Waals surface area contributed by atoms with Gasteiger partial charge in [-0.15, -0.1) is 0 Å². The fourth-order valence-corrected chi connectivity index (χ4v) is 2.14. The van der Waals surface area contributed by atoms with Crippen LogP contribution in [0.3, 0.4) is 0 Å². The van der Waals surface area contributed by atoms with Gasteiger partial charge in [-0.2, -0.15) is 0 Å². The summed E-state index contributed by atoms with van der Waals surface area (Å²) < 4.78 is 5.08. The summed E-state index contributed by atoms with van der Waals surface area (Å²) in [4.78, 5) is 27.9. The minimum absolute atomic E-state index is 0.251. The molecule has 1 unspecified atom stereocenters. The first-order chi connectivity index (χ1) is 11.1. The number of amides is 1. The Kier molecular flexibility index (Phi) is 4.37. The maximum Gasteiger partial charge on any atom is 0.331 e. The predicted molar refractivity (Wildman–Crippen MR) is 87.5 cm³/mol. The van der Waals surface area contributed by atoms with E-state index in [1.54, 1.807) is 13.0 Å². The highest BCUT2D eigenvalue weighted by atomic mass is 16.5. The molecular formula is C18H18N2O3. The molecule has 1 saturated carbocycles. The Labute approximate surface area is 134 Å². The molecule has 0 saturated heterocycles. The summed E-state index contributed by atoms with van der Waals surface area (Å²) in [6, 6.07) is 11.8. The van der Waals surface area contributed by atoms with E-state index in [0.717, 1.165) is 23.7 Å². The fraction of sp³-hybridized carbons (Fsp3) is 0.278. The first-order valence-corrected chi connectivity index (χ1v) is 7.67. The van der Waals surface area contributed by atoms with Crippen molar-refractivity contribution in [3.05, 3.63) is 48.2 Å². The number of ether oxygens (including phenoxy) is 1. The fourth-order valence-electron chi connectivity index (χ4n) is 2.14. The van der Waals surface area contributed by atoms with Gasteiger partial charge in [0.15, 0.2) is 6.10 Å². The smallest absolute Gasteiger partial charge is 0.331 e. The standard InChI is InChI=1S/C18H18N2O3/c1-12(18(22)20-15-8-9-15)23-17(21)11-10-14-7-6-13-4-2-3-5-16(13)19-14/h2-7,10-12,15H,8-9H2,1H3,(H,20,22)/b11-10+. The third-order valence-electron chi connectivity index (χ3n) is 3.60. The number of pyridine rings is 1. The molecule has 0 bridgehead atoms. The second-order valence-electron chi connectivity index (χ2n) is 5.62. The second-order valence-corrected chi connectivity index (χ2v) is 5.62. The van der Waals surface area contributed by atoms with Crippen molar-refractivity contribution in [1.82, 2.24) is 10.3 Å². The average Bonchev–Trinajstić information content (AvgIpc) is 3.36. The molecule has 2 aromatic rings. The molecule has 118 valence electrons. The van der Waals surface area contributed by atoms with E-state index in [9.17, 15) is 9.59 Å². The number of benzene rings is 1. The van der Waals surface area contributed by atoms with Crippen LogP contribution in [0.2, 0.25) is 0 Å². The van der Waals surface area contributed by atoms with Crippen molar-refractivity contribution in [2.45, 2.75) is 31.9 Å². The van der Waals surface area contributed by atoms with Gasteiger partial charge >= 0.3 is 5.97 Å². The quantitative estimate of drug-likeness (QED) is 0.680. The minimum atomic E-state index is -0.794. The van der Waals surface area contributed by atoms with Crippen LogP contribution in [0.1, 0.15) is 25.5 Å². The highest BCUT2D eigenvalue weighted by Gasteiger charge is 2.26. The molecule has 1 amide bonds. The Balaban J connectivity index is 1.59. The van der Waals surface area contributed by atoms with Gasteiger partial charge in [0.1, 0.15) is 0 Å². The van der Waals surface area contributed by atoms with E-state index in [-0.39, 0.29) is 11.9 Å². The Morgan fingerprint density at radius 2 is 2.04 bits per heavy atom. The zero-order valence-corrected chi connectivity index (χ0v) is 12.9. The van der Waals surface area contributed by atoms with Crippen LogP contribution >= 0.6 is 0 Å². The van der Waals surface area contributed by atoms with Gasteiger partial charge in [0, 0.05) is 17.5 Å². The Hall–Kier alpha value is -2.69. The Morgan fingerprint density at radius 3 is 2.83 bits per heavy atom. The maximum absolute atomic E-state index is 11.8. The van der Waals surface area contributed by atoms with E-state index >= 15 is 0 Å². The number of nitrogens with zero attached hydrogens (tertiary/aromatic N) is 1. The number of fused-ring (bicyclic) bond motifs is 1. The topological polar surface area (TPSA) is 68.3 Å². The third kappa shape index (κ3) is 4.16. The molecule has 5 heteroatoms. The lowest BCUT2D eigenvalue weighted by Gasteiger charge is -2.11. The van der Waals surface area contributed by atoms with Gasteiger partial charge in [-0.25, -0.2) is 9.78 Å². The monoisotopic (exact) mass is 310 g/mol. The molecule has 1 aromatic heterocycles. The summed E-state index contributed by atoms with van der Waals surface area (Å²) >= 11 is 0. The molecule has 1 aromatic carbocycles. The lowest BCUT2D eigenvalue weighted by Crippen LogP contribution is -2.36. The van der Waals surface area contributed by atoms with E-state index in [1.807, 2.05) is 36.4 Å². The molecule has 0 radical (unpaired) electrons. The molecular weight excluding hydrogens is 292 g/mol. The van der Waals surface area contributed by atoms with Crippen molar-refractivity contribution in [2.75, 3.05) is 0 Å². The van der Waals surface area contributed by atoms with Gasteiger partial charge in [-0.05, 0) is 38.0 Å². The SMILES string of the molecule is CC(OC(=O)/C=C/c1ccc2ccccc2n1)C(=O)NC1CC1. The molecule has 1 atom stereocenters. The highest BCUT2D eigenvalue weighted by Crippen LogP contribution is 2.18. The van der Waals surface area contributed by atoms with Crippen molar-refractivity contribution >= 4 is 28.9 Å². The first-order valence-electron chi connectivity index (χ1n) is 7.67. The van der Waals surface area contributed by atoms with Crippen molar-refractivity contribution in [1.29, 1.82) is 0 Å². The molecule has 1 fully saturated rings. The van der Waals surface area contributed by atoms with E-state index in [1.165, 1.54) is 6.08 Å². The van der Waals surface area contributed by atoms with Crippen molar-refractivity contribution in [3.63, 3.8) is 0 Å². The van der Waals surface area contributed by atoms with Crippen molar-refractivity contribution < 1.29 is 14.3 Å². The van der Waals surface area contributed by atoms with Gasteiger partial charge in [-0.1, -0.05) is 24.3 Å². The van der Waals surface area contributed by atoms with E-state index in [4.69, 9.17) is 4.74 Å². The second kappa shape index (κ2) is 6.60. The van der Waals surface area contributed by atoms with Gasteiger partial charge in [-0.3, -0.25) is 4.79 Å². The van der Waals surface area contributed by atoms with E-state index in [0.29, 0.717) is 5.69 Å². The lowest BCUT2D eigenvalue weighted by atomic mass is 10.2. The molecule has 0 aliphatic heterocycles. The number of carbonyl (C=O) groups excluding carboxylic acids is 2. The number of aromatic nitrogens is 1. The highest BCUT2D eigenvalue weighted by molar-refractivity contribution is 5.90. The van der Waals surface area contributed by atoms with Gasteiger partial charge in [0.05, 0.1) is 11.2 Å². The van der Waals surface area contributed by atoms with Crippen molar-refractivity contribution in [2.24, 2.45) is 0 Å². The number of hydrogen-bond donors (Lipinski definition) is 1. The summed E-state index contributed by atoms with van der Waals surface area (Å²) in [5.41, 5.74) is 1.52. The zero-order valence-electron chi connectivity index (χ0n) is 12.9. The average molecular weight is 310 g/mol. The van der Waals surface area contributed by atoms with Crippen molar-refractivity contribution in [3.8, 4) is 0 Å². The third-order valence-corrected chi connectivity index (χ3v) is 3.60. The summed E-state index contributed by atoms with van der Waals surface area (Å²) in [7, 11) is 0. The molecule has 5 nitrogen and oxygen atoms in total. The van der Waals surface area contributed by atoms with Gasteiger partial charge in [0.2, 0.25) is 0 Å². The molecule has 1 N–H and O–H groups in total. The molecule has 1 aliphatic carbocycles. The predicted octanol–water partition coefficient (Wildman–Crippen LogP) is 2.46. The maximum atomic E-state index is 11.8. The number of rotatable bonds is 5. The number of carbonyl (C=O) groups is 2. The molecule has 0 spiro atoms. The van der Waals surface area contributed by atoms with Crippen LogP contribution in [0.25, 0.3) is 17.0 Å². The largest absolute Gasteiger partial charge is 0.449 e. The van der Waals surface area contributed by atoms with Crippen LogP contribution in [0.4, 0.5) is 0 Å². The van der Waals surface area contributed by atoms with E-state index < -0.39 is 12.1 Å². The van der Waals surface area contributed by atoms with Crippen LogP contribution in [0.5, 0.6) is 0 Å². The summed E-state index contributed by atoms with van der Waals surface area (Å²) in [6.07, 6.45) is 4.08. The molecule has 1 heterocycles. The minimum Gasteiger partial charge on any atom is -0.449 e. The summed E-state index contributed by atoms with van der Waals surface area (Å²) in [6.45, 7) is 1.57. The number of nitrogens with one attached hydrogen (secondary N) is 1. The van der Waals surface area contributed by atoms with Crippen LogP contribution < -0.4 is 5.32 Å². The van der Waals surface area contributed by atoms with Crippen LogP contribution in [0.15, 0.2) is 42.5 Å². The molecule has 3 rings (SSSR count). The number of hydrogen-bond acceptors (Lipinski definition) is 4. The Morgan fingerprint density at radius 1 is 1.26 bits per heavy atom. The zero-order chi connectivity index (χ0) is 16.2. The van der Waals surface area contributed by atoms with Gasteiger partial charge in [0.25, 0.3) is 5.91 Å². The lowest BCUT2D eigenvalue weighted by molar-refractivity contribution is -0.150. The number of para-hydroxylation sites is 1. The normalized spacial score (nSPS) is 15.5. The summed E-state index contributed by atoms with van der Waals surface area (Å²) in [5.74, 6) is -0.809. The van der Waals surface area contributed by atoms with Crippen LogP contribution in [-0.4, -0.2) is 29.0 Å². The molecule has 1 aliphatic rings. The van der Waals surface area contributed by atoms with Crippen LogP contribution in [-0.2, 0) is 14.3 Å². The first kappa shape index (κ1) is 15.2.